The van der Waals surface area contributed by atoms with E-state index in [0.29, 0.717) is 18.6 Å². The SMILES string of the molecule is NCCCN(CCN)C1CCCCC1NCCN. The van der Waals surface area contributed by atoms with Crippen LogP contribution in [0.5, 0.6) is 0 Å². The highest BCUT2D eigenvalue weighted by atomic mass is 15.2. The highest BCUT2D eigenvalue weighted by molar-refractivity contribution is 4.88. The van der Waals surface area contributed by atoms with Crippen molar-refractivity contribution < 1.29 is 0 Å². The predicted molar refractivity (Wildman–Crippen MR) is 77.4 cm³/mol. The smallest absolute Gasteiger partial charge is 0.0249 e. The van der Waals surface area contributed by atoms with Gasteiger partial charge >= 0.3 is 0 Å². The molecule has 0 aromatic heterocycles. The molecule has 0 aromatic rings. The molecule has 0 aliphatic heterocycles. The van der Waals surface area contributed by atoms with Gasteiger partial charge in [0.25, 0.3) is 0 Å². The van der Waals surface area contributed by atoms with Crippen LogP contribution in [0.4, 0.5) is 0 Å². The highest BCUT2D eigenvalue weighted by Gasteiger charge is 2.28. The Bertz CT molecular complexity index is 200. The molecule has 0 amide bonds. The van der Waals surface area contributed by atoms with E-state index in [0.717, 1.165) is 39.1 Å². The van der Waals surface area contributed by atoms with Crippen molar-refractivity contribution in [2.75, 3.05) is 39.3 Å². The zero-order valence-electron chi connectivity index (χ0n) is 11.6. The normalized spacial score (nSPS) is 24.7. The molecule has 108 valence electrons. The van der Waals surface area contributed by atoms with E-state index < -0.39 is 0 Å². The largest absolute Gasteiger partial charge is 0.330 e. The zero-order chi connectivity index (χ0) is 13.2. The Morgan fingerprint density at radius 3 is 2.39 bits per heavy atom. The summed E-state index contributed by atoms with van der Waals surface area (Å²) < 4.78 is 0. The zero-order valence-corrected chi connectivity index (χ0v) is 11.6. The second-order valence-electron chi connectivity index (χ2n) is 5.17. The quantitative estimate of drug-likeness (QED) is 0.445. The topological polar surface area (TPSA) is 93.3 Å². The first kappa shape index (κ1) is 15.9. The van der Waals surface area contributed by atoms with Gasteiger partial charge in [0.05, 0.1) is 0 Å². The molecule has 2 unspecified atom stereocenters. The minimum absolute atomic E-state index is 0.576. The molecule has 7 N–H and O–H groups in total. The maximum absolute atomic E-state index is 5.74. The van der Waals surface area contributed by atoms with E-state index in [1.54, 1.807) is 0 Å². The molecule has 0 bridgehead atoms. The van der Waals surface area contributed by atoms with Crippen LogP contribution in [0.2, 0.25) is 0 Å². The van der Waals surface area contributed by atoms with E-state index in [1.165, 1.54) is 25.7 Å². The summed E-state index contributed by atoms with van der Waals surface area (Å²) in [4.78, 5) is 2.53. The Kier molecular flexibility index (Phi) is 8.54. The molecule has 1 rings (SSSR count). The minimum atomic E-state index is 0.576. The average molecular weight is 257 g/mol. The average Bonchev–Trinajstić information content (AvgIpc) is 2.41. The Hall–Kier alpha value is -0.200. The summed E-state index contributed by atoms with van der Waals surface area (Å²) in [6.45, 7) is 5.15. The first-order chi connectivity index (χ1) is 8.83. The van der Waals surface area contributed by atoms with Gasteiger partial charge in [-0.05, 0) is 32.4 Å². The molecule has 1 fully saturated rings. The van der Waals surface area contributed by atoms with E-state index in [-0.39, 0.29) is 0 Å². The Balaban J connectivity index is 2.52. The number of nitrogens with one attached hydrogen (secondary N) is 1. The summed E-state index contributed by atoms with van der Waals surface area (Å²) in [6.07, 6.45) is 6.24. The number of nitrogens with zero attached hydrogens (tertiary/aromatic N) is 1. The molecule has 2 atom stereocenters. The molecule has 0 heterocycles. The number of nitrogens with two attached hydrogens (primary N) is 3. The Labute approximate surface area is 111 Å². The molecular formula is C13H31N5. The summed E-state index contributed by atoms with van der Waals surface area (Å²) in [5.74, 6) is 0. The van der Waals surface area contributed by atoms with E-state index in [2.05, 4.69) is 10.2 Å². The monoisotopic (exact) mass is 257 g/mol. The van der Waals surface area contributed by atoms with Gasteiger partial charge in [-0.3, -0.25) is 4.90 Å². The number of hydrogen-bond acceptors (Lipinski definition) is 5. The molecule has 1 aliphatic rings. The van der Waals surface area contributed by atoms with Crippen LogP contribution in [0.3, 0.4) is 0 Å². The van der Waals surface area contributed by atoms with Gasteiger partial charge in [-0.25, -0.2) is 0 Å². The lowest BCUT2D eigenvalue weighted by Gasteiger charge is -2.40. The van der Waals surface area contributed by atoms with Crippen molar-refractivity contribution in [2.45, 2.75) is 44.2 Å². The second kappa shape index (κ2) is 9.69. The van der Waals surface area contributed by atoms with Crippen molar-refractivity contribution in [1.29, 1.82) is 0 Å². The third-order valence-corrected chi connectivity index (χ3v) is 3.82. The third kappa shape index (κ3) is 5.20. The van der Waals surface area contributed by atoms with Gasteiger partial charge in [-0.15, -0.1) is 0 Å². The van der Waals surface area contributed by atoms with Crippen molar-refractivity contribution >= 4 is 0 Å². The van der Waals surface area contributed by atoms with Gasteiger partial charge in [0.2, 0.25) is 0 Å². The van der Waals surface area contributed by atoms with Gasteiger partial charge in [-0.1, -0.05) is 12.8 Å². The summed E-state index contributed by atoms with van der Waals surface area (Å²) in [6, 6.07) is 1.19. The van der Waals surface area contributed by atoms with Crippen molar-refractivity contribution in [3.8, 4) is 0 Å². The van der Waals surface area contributed by atoms with Crippen molar-refractivity contribution in [2.24, 2.45) is 17.2 Å². The van der Waals surface area contributed by atoms with Crippen LogP contribution < -0.4 is 22.5 Å². The van der Waals surface area contributed by atoms with Gasteiger partial charge in [-0.2, -0.15) is 0 Å². The maximum atomic E-state index is 5.74. The molecule has 5 heteroatoms. The first-order valence-corrected chi connectivity index (χ1v) is 7.41. The second-order valence-corrected chi connectivity index (χ2v) is 5.17. The fourth-order valence-corrected chi connectivity index (χ4v) is 2.96. The molecule has 0 radical (unpaired) electrons. The fraction of sp³-hybridized carbons (Fsp3) is 1.00. The summed E-state index contributed by atoms with van der Waals surface area (Å²) in [5.41, 5.74) is 17.0. The molecule has 0 spiro atoms. The summed E-state index contributed by atoms with van der Waals surface area (Å²) in [7, 11) is 0. The van der Waals surface area contributed by atoms with Gasteiger partial charge in [0.15, 0.2) is 0 Å². The number of hydrogen-bond donors (Lipinski definition) is 4. The molecule has 0 saturated heterocycles. The molecule has 1 aliphatic carbocycles. The number of rotatable bonds is 9. The van der Waals surface area contributed by atoms with Crippen LogP contribution in [0.25, 0.3) is 0 Å². The molecular weight excluding hydrogens is 226 g/mol. The van der Waals surface area contributed by atoms with Crippen LogP contribution in [-0.2, 0) is 0 Å². The predicted octanol–water partition coefficient (Wildman–Crippen LogP) is -0.545. The molecule has 1 saturated carbocycles. The molecule has 5 nitrogen and oxygen atoms in total. The van der Waals surface area contributed by atoms with E-state index in [4.69, 9.17) is 17.2 Å². The van der Waals surface area contributed by atoms with Crippen LogP contribution in [-0.4, -0.2) is 56.3 Å². The Morgan fingerprint density at radius 2 is 1.72 bits per heavy atom. The van der Waals surface area contributed by atoms with Crippen molar-refractivity contribution in [1.82, 2.24) is 10.2 Å². The molecule has 18 heavy (non-hydrogen) atoms. The van der Waals surface area contributed by atoms with Gasteiger partial charge in [0.1, 0.15) is 0 Å². The van der Waals surface area contributed by atoms with E-state index in [9.17, 15) is 0 Å². The minimum Gasteiger partial charge on any atom is -0.330 e. The first-order valence-electron chi connectivity index (χ1n) is 7.41. The lowest BCUT2D eigenvalue weighted by atomic mass is 9.89. The van der Waals surface area contributed by atoms with Crippen molar-refractivity contribution in [3.05, 3.63) is 0 Å². The van der Waals surface area contributed by atoms with Crippen LogP contribution >= 0.6 is 0 Å². The van der Waals surface area contributed by atoms with Crippen LogP contribution in [0, 0.1) is 0 Å². The lowest BCUT2D eigenvalue weighted by Crippen LogP contribution is -2.54. The van der Waals surface area contributed by atoms with Crippen LogP contribution in [0.15, 0.2) is 0 Å². The van der Waals surface area contributed by atoms with Crippen molar-refractivity contribution in [3.63, 3.8) is 0 Å². The summed E-state index contributed by atoms with van der Waals surface area (Å²) >= 11 is 0. The fourth-order valence-electron chi connectivity index (χ4n) is 2.96. The maximum Gasteiger partial charge on any atom is 0.0249 e. The van der Waals surface area contributed by atoms with Gasteiger partial charge in [0, 0.05) is 38.3 Å². The standard InChI is InChI=1S/C13H31N5/c14-6-3-10-18(11-8-16)13-5-2-1-4-12(13)17-9-7-15/h12-13,17H,1-11,14-16H2. The third-order valence-electron chi connectivity index (χ3n) is 3.82. The Morgan fingerprint density at radius 1 is 0.944 bits per heavy atom. The van der Waals surface area contributed by atoms with Crippen LogP contribution in [0.1, 0.15) is 32.1 Å². The van der Waals surface area contributed by atoms with E-state index >= 15 is 0 Å². The van der Waals surface area contributed by atoms with Gasteiger partial charge < -0.3 is 22.5 Å². The summed E-state index contributed by atoms with van der Waals surface area (Å²) in [5, 5.41) is 3.60. The lowest BCUT2D eigenvalue weighted by molar-refractivity contribution is 0.124. The molecule has 0 aromatic carbocycles. The van der Waals surface area contributed by atoms with E-state index in [1.807, 2.05) is 0 Å². The highest BCUT2D eigenvalue weighted by Crippen LogP contribution is 2.23.